The van der Waals surface area contributed by atoms with Crippen LogP contribution in [0.5, 0.6) is 5.75 Å². The lowest BCUT2D eigenvalue weighted by Crippen LogP contribution is -2.32. The summed E-state index contributed by atoms with van der Waals surface area (Å²) in [6, 6.07) is 12.5. The number of ether oxygens (including phenoxy) is 1. The average molecular weight is 361 g/mol. The smallest absolute Gasteiger partial charge is 0.226 e. The minimum Gasteiger partial charge on any atom is -0.495 e. The number of hydrogen-bond donors (Lipinski definition) is 1. The molecule has 2 aromatic carbocycles. The van der Waals surface area contributed by atoms with Gasteiger partial charge < -0.3 is 15.0 Å². The molecule has 25 heavy (non-hydrogen) atoms. The molecule has 0 unspecified atom stereocenters. The van der Waals surface area contributed by atoms with Gasteiger partial charge in [0, 0.05) is 30.6 Å². The first-order chi connectivity index (χ1) is 11.9. The molecule has 0 heterocycles. The highest BCUT2D eigenvalue weighted by Crippen LogP contribution is 2.28. The van der Waals surface area contributed by atoms with Gasteiger partial charge in [0.15, 0.2) is 0 Å². The average Bonchev–Trinajstić information content (AvgIpc) is 2.57. The Bertz CT molecular complexity index is 777. The monoisotopic (exact) mass is 360 g/mol. The number of hydrogen-bond acceptors (Lipinski definition) is 3. The van der Waals surface area contributed by atoms with E-state index in [1.54, 1.807) is 37.4 Å². The molecule has 0 fully saturated rings. The topological polar surface area (TPSA) is 58.6 Å². The van der Waals surface area contributed by atoms with E-state index in [2.05, 4.69) is 5.32 Å². The fourth-order valence-electron chi connectivity index (χ4n) is 2.49. The van der Waals surface area contributed by atoms with Crippen LogP contribution < -0.4 is 15.0 Å². The summed E-state index contributed by atoms with van der Waals surface area (Å²) >= 11 is 5.92. The third-order valence-corrected chi connectivity index (χ3v) is 4.02. The van der Waals surface area contributed by atoms with Crippen molar-refractivity contribution in [3.8, 4) is 5.75 Å². The number of anilines is 2. The maximum absolute atomic E-state index is 12.2. The van der Waals surface area contributed by atoms with Crippen LogP contribution in [-0.4, -0.2) is 25.5 Å². The Morgan fingerprint density at radius 1 is 1.20 bits per heavy atom. The molecule has 0 aliphatic rings. The lowest BCUT2D eigenvalue weighted by molar-refractivity contribution is -0.117. The maximum Gasteiger partial charge on any atom is 0.226 e. The Balaban J connectivity index is 2.06. The van der Waals surface area contributed by atoms with Gasteiger partial charge in [-0.05, 0) is 42.8 Å². The first-order valence-electron chi connectivity index (χ1n) is 7.89. The number of carbonyl (C=O) groups excluding carboxylic acids is 2. The minimum atomic E-state index is -0.174. The van der Waals surface area contributed by atoms with Crippen molar-refractivity contribution in [3.63, 3.8) is 0 Å². The number of methoxy groups -OCH3 is 1. The second-order valence-corrected chi connectivity index (χ2v) is 6.04. The number of nitrogens with one attached hydrogen (secondary N) is 1. The molecule has 0 saturated carbocycles. The number of carbonyl (C=O) groups is 2. The third kappa shape index (κ3) is 4.97. The van der Waals surface area contributed by atoms with E-state index in [9.17, 15) is 9.59 Å². The quantitative estimate of drug-likeness (QED) is 0.845. The van der Waals surface area contributed by atoms with Crippen LogP contribution in [0, 0.1) is 6.92 Å². The number of para-hydroxylation sites is 2. The highest BCUT2D eigenvalue weighted by molar-refractivity contribution is 6.30. The van der Waals surface area contributed by atoms with Crippen LogP contribution in [-0.2, 0) is 9.59 Å². The number of halogens is 1. The zero-order valence-corrected chi connectivity index (χ0v) is 15.3. The predicted octanol–water partition coefficient (Wildman–Crippen LogP) is 4.04. The molecule has 6 heteroatoms. The lowest BCUT2D eigenvalue weighted by atomic mass is 10.2. The molecule has 2 amide bonds. The number of amides is 2. The predicted molar refractivity (Wildman–Crippen MR) is 100 cm³/mol. The molecule has 0 radical (unpaired) electrons. The summed E-state index contributed by atoms with van der Waals surface area (Å²) in [6.07, 6.45) is 0.166. The molecule has 0 saturated heterocycles. The first-order valence-corrected chi connectivity index (χ1v) is 8.27. The van der Waals surface area contributed by atoms with Crippen molar-refractivity contribution in [1.82, 2.24) is 0 Å². The van der Waals surface area contributed by atoms with Crippen LogP contribution in [0.4, 0.5) is 11.4 Å². The van der Waals surface area contributed by atoms with Crippen LogP contribution in [0.25, 0.3) is 0 Å². The van der Waals surface area contributed by atoms with E-state index in [0.717, 1.165) is 5.56 Å². The van der Waals surface area contributed by atoms with E-state index in [0.29, 0.717) is 22.1 Å². The first kappa shape index (κ1) is 18.8. The van der Waals surface area contributed by atoms with Crippen molar-refractivity contribution in [3.05, 3.63) is 53.1 Å². The number of rotatable bonds is 6. The minimum absolute atomic E-state index is 0.153. The Kier molecular flexibility index (Phi) is 6.42. The molecule has 0 bridgehead atoms. The molecule has 5 nitrogen and oxygen atoms in total. The van der Waals surface area contributed by atoms with Crippen LogP contribution >= 0.6 is 11.6 Å². The van der Waals surface area contributed by atoms with Crippen LogP contribution in [0.1, 0.15) is 18.9 Å². The van der Waals surface area contributed by atoms with Gasteiger partial charge in [-0.3, -0.25) is 9.59 Å². The van der Waals surface area contributed by atoms with Crippen molar-refractivity contribution in [2.45, 2.75) is 20.3 Å². The zero-order valence-electron chi connectivity index (χ0n) is 14.5. The standard InChI is InChI=1S/C19H21ClN2O3/c1-13-12-15(20)8-9-16(13)21-19(24)10-11-22(14(2)23)17-6-4-5-7-18(17)25-3/h4-9,12H,10-11H2,1-3H3,(H,21,24). The van der Waals surface area contributed by atoms with E-state index in [4.69, 9.17) is 16.3 Å². The second kappa shape index (κ2) is 8.53. The second-order valence-electron chi connectivity index (χ2n) is 5.60. The van der Waals surface area contributed by atoms with Crippen molar-refractivity contribution < 1.29 is 14.3 Å². The molecule has 0 spiro atoms. The van der Waals surface area contributed by atoms with E-state index >= 15 is 0 Å². The van der Waals surface area contributed by atoms with Gasteiger partial charge in [-0.1, -0.05) is 23.7 Å². The highest BCUT2D eigenvalue weighted by atomic mass is 35.5. The third-order valence-electron chi connectivity index (χ3n) is 3.78. The number of benzene rings is 2. The summed E-state index contributed by atoms with van der Waals surface area (Å²) in [4.78, 5) is 25.8. The van der Waals surface area contributed by atoms with Gasteiger partial charge in [0.25, 0.3) is 0 Å². The van der Waals surface area contributed by atoms with Gasteiger partial charge in [0.2, 0.25) is 11.8 Å². The van der Waals surface area contributed by atoms with Crippen molar-refractivity contribution in [2.75, 3.05) is 23.9 Å². The molecule has 2 aromatic rings. The van der Waals surface area contributed by atoms with E-state index in [1.807, 2.05) is 19.1 Å². The molecule has 1 N–H and O–H groups in total. The van der Waals surface area contributed by atoms with E-state index in [-0.39, 0.29) is 24.8 Å². The summed E-state index contributed by atoms with van der Waals surface area (Å²) < 4.78 is 5.30. The molecular weight excluding hydrogens is 340 g/mol. The van der Waals surface area contributed by atoms with E-state index in [1.165, 1.54) is 11.8 Å². The van der Waals surface area contributed by atoms with Crippen LogP contribution in [0.2, 0.25) is 5.02 Å². The zero-order chi connectivity index (χ0) is 18.4. The summed E-state index contributed by atoms with van der Waals surface area (Å²) in [7, 11) is 1.55. The fourth-order valence-corrected chi connectivity index (χ4v) is 2.72. The lowest BCUT2D eigenvalue weighted by Gasteiger charge is -2.23. The Hall–Kier alpha value is -2.53. The van der Waals surface area contributed by atoms with E-state index < -0.39 is 0 Å². The van der Waals surface area contributed by atoms with Gasteiger partial charge in [-0.25, -0.2) is 0 Å². The van der Waals surface area contributed by atoms with Crippen molar-refractivity contribution in [2.24, 2.45) is 0 Å². The van der Waals surface area contributed by atoms with Gasteiger partial charge in [0.1, 0.15) is 5.75 Å². The fraction of sp³-hybridized carbons (Fsp3) is 0.263. The molecular formula is C19H21ClN2O3. The molecule has 0 aromatic heterocycles. The van der Waals surface area contributed by atoms with Crippen molar-refractivity contribution >= 4 is 34.8 Å². The Morgan fingerprint density at radius 3 is 2.56 bits per heavy atom. The maximum atomic E-state index is 12.2. The van der Waals surface area contributed by atoms with Crippen LogP contribution in [0.3, 0.4) is 0 Å². The van der Waals surface area contributed by atoms with Gasteiger partial charge in [-0.2, -0.15) is 0 Å². The molecule has 2 rings (SSSR count). The molecule has 0 aliphatic carbocycles. The highest BCUT2D eigenvalue weighted by Gasteiger charge is 2.17. The summed E-state index contributed by atoms with van der Waals surface area (Å²) in [5, 5.41) is 3.46. The van der Waals surface area contributed by atoms with Gasteiger partial charge in [-0.15, -0.1) is 0 Å². The van der Waals surface area contributed by atoms with Crippen LogP contribution in [0.15, 0.2) is 42.5 Å². The summed E-state index contributed by atoms with van der Waals surface area (Å²) in [5.41, 5.74) is 2.24. The Morgan fingerprint density at radius 2 is 1.92 bits per heavy atom. The van der Waals surface area contributed by atoms with Gasteiger partial charge >= 0.3 is 0 Å². The number of nitrogens with zero attached hydrogens (tertiary/aromatic N) is 1. The molecule has 0 atom stereocenters. The summed E-state index contributed by atoms with van der Waals surface area (Å²) in [5.74, 6) is 0.262. The normalized spacial score (nSPS) is 10.2. The SMILES string of the molecule is COc1ccccc1N(CCC(=O)Nc1ccc(Cl)cc1C)C(C)=O. The van der Waals surface area contributed by atoms with Gasteiger partial charge in [0.05, 0.1) is 12.8 Å². The molecule has 0 aliphatic heterocycles. The summed E-state index contributed by atoms with van der Waals surface area (Å²) in [6.45, 7) is 3.60. The number of aryl methyl sites for hydroxylation is 1. The largest absolute Gasteiger partial charge is 0.495 e. The van der Waals surface area contributed by atoms with Crippen molar-refractivity contribution in [1.29, 1.82) is 0 Å². The Labute approximate surface area is 152 Å². The molecule has 132 valence electrons.